The van der Waals surface area contributed by atoms with Crippen molar-refractivity contribution >= 4 is 5.97 Å². The maximum absolute atomic E-state index is 12.8. The third kappa shape index (κ3) is 4.85. The second-order valence-electron chi connectivity index (χ2n) is 6.10. The van der Waals surface area contributed by atoms with Crippen LogP contribution in [0, 0.1) is 5.92 Å². The molecule has 4 nitrogen and oxygen atoms in total. The Hall–Kier alpha value is -0.820. The molecular formula is C14H25F3N2O2. The Labute approximate surface area is 123 Å². The van der Waals surface area contributed by atoms with Gasteiger partial charge in [0.05, 0.1) is 5.92 Å². The number of aliphatic carboxylic acids is 1. The van der Waals surface area contributed by atoms with Gasteiger partial charge in [0.2, 0.25) is 0 Å². The Bertz CT molecular complexity index is 363. The molecule has 0 radical (unpaired) electrons. The molecule has 0 aliphatic carbocycles. The summed E-state index contributed by atoms with van der Waals surface area (Å²) in [7, 11) is 0. The van der Waals surface area contributed by atoms with Crippen molar-refractivity contribution in [1.82, 2.24) is 10.2 Å². The van der Waals surface area contributed by atoms with Crippen molar-refractivity contribution in [3.63, 3.8) is 0 Å². The molecule has 0 aromatic rings. The molecule has 0 aromatic carbocycles. The number of piperidine rings is 1. The van der Waals surface area contributed by atoms with E-state index < -0.39 is 23.6 Å². The number of nitrogens with zero attached hydrogens (tertiary/aromatic N) is 1. The number of carbonyl (C=O) groups is 1. The number of alkyl halides is 3. The van der Waals surface area contributed by atoms with E-state index in [4.69, 9.17) is 0 Å². The fraction of sp³-hybridized carbons (Fsp3) is 0.929. The molecule has 1 heterocycles. The standard InChI is InChI=1S/C14H25F3N2O2/c1-4-18-13(3,12(20)21)8-10(2)19-7-5-6-11(9-19)14(15,16)17/h10-11,18H,4-9H2,1-3H3,(H,20,21). The average Bonchev–Trinajstić information content (AvgIpc) is 2.38. The van der Waals surface area contributed by atoms with Crippen LogP contribution in [-0.4, -0.2) is 53.4 Å². The van der Waals surface area contributed by atoms with Crippen molar-refractivity contribution in [1.29, 1.82) is 0 Å². The summed E-state index contributed by atoms with van der Waals surface area (Å²) in [5, 5.41) is 12.3. The third-order valence-corrected chi connectivity index (χ3v) is 4.28. The summed E-state index contributed by atoms with van der Waals surface area (Å²) >= 11 is 0. The van der Waals surface area contributed by atoms with Crippen LogP contribution in [0.5, 0.6) is 0 Å². The van der Waals surface area contributed by atoms with Gasteiger partial charge in [0.1, 0.15) is 5.54 Å². The Kier molecular flexibility index (Phi) is 6.04. The van der Waals surface area contributed by atoms with E-state index in [0.29, 0.717) is 19.5 Å². The first-order valence-electron chi connectivity index (χ1n) is 7.39. The normalized spacial score (nSPS) is 25.3. The molecule has 2 N–H and O–H groups in total. The number of hydrogen-bond donors (Lipinski definition) is 2. The second-order valence-corrected chi connectivity index (χ2v) is 6.10. The van der Waals surface area contributed by atoms with Crippen molar-refractivity contribution < 1.29 is 23.1 Å². The van der Waals surface area contributed by atoms with Gasteiger partial charge in [0.15, 0.2) is 0 Å². The number of likely N-dealkylation sites (N-methyl/N-ethyl adjacent to an activating group) is 1. The second kappa shape index (κ2) is 6.96. The van der Waals surface area contributed by atoms with Gasteiger partial charge in [-0.15, -0.1) is 0 Å². The number of likely N-dealkylation sites (tertiary alicyclic amines) is 1. The van der Waals surface area contributed by atoms with E-state index in [0.717, 1.165) is 0 Å². The number of nitrogens with one attached hydrogen (secondary N) is 1. The molecule has 124 valence electrons. The molecule has 1 rings (SSSR count). The summed E-state index contributed by atoms with van der Waals surface area (Å²) in [6, 6.07) is -0.213. The molecule has 0 amide bonds. The lowest BCUT2D eigenvalue weighted by atomic mass is 9.90. The summed E-state index contributed by atoms with van der Waals surface area (Å²) in [6.07, 6.45) is -3.23. The van der Waals surface area contributed by atoms with Gasteiger partial charge < -0.3 is 10.4 Å². The molecule has 0 bridgehead atoms. The van der Waals surface area contributed by atoms with Crippen LogP contribution in [-0.2, 0) is 4.79 Å². The van der Waals surface area contributed by atoms with E-state index in [1.165, 1.54) is 0 Å². The molecule has 0 spiro atoms. The number of carboxylic acid groups (broad SMARTS) is 1. The van der Waals surface area contributed by atoms with E-state index in [1.54, 1.807) is 18.7 Å². The number of halogens is 3. The quantitative estimate of drug-likeness (QED) is 0.791. The fourth-order valence-corrected chi connectivity index (χ4v) is 3.02. The molecule has 0 aromatic heterocycles. The van der Waals surface area contributed by atoms with Crippen molar-refractivity contribution in [3.05, 3.63) is 0 Å². The fourth-order valence-electron chi connectivity index (χ4n) is 3.02. The highest BCUT2D eigenvalue weighted by Gasteiger charge is 2.43. The van der Waals surface area contributed by atoms with Gasteiger partial charge in [-0.25, -0.2) is 0 Å². The van der Waals surface area contributed by atoms with Crippen molar-refractivity contribution in [2.45, 2.75) is 57.8 Å². The van der Waals surface area contributed by atoms with E-state index in [2.05, 4.69) is 5.32 Å². The van der Waals surface area contributed by atoms with Crippen molar-refractivity contribution in [2.24, 2.45) is 5.92 Å². The van der Waals surface area contributed by atoms with Crippen molar-refractivity contribution in [2.75, 3.05) is 19.6 Å². The minimum absolute atomic E-state index is 0.0352. The smallest absolute Gasteiger partial charge is 0.393 e. The van der Waals surface area contributed by atoms with Gasteiger partial charge >= 0.3 is 12.1 Å². The lowest BCUT2D eigenvalue weighted by Gasteiger charge is -2.40. The van der Waals surface area contributed by atoms with Crippen LogP contribution < -0.4 is 5.32 Å². The molecule has 1 saturated heterocycles. The van der Waals surface area contributed by atoms with Crippen molar-refractivity contribution in [3.8, 4) is 0 Å². The highest BCUT2D eigenvalue weighted by atomic mass is 19.4. The molecule has 1 fully saturated rings. The van der Waals surface area contributed by atoms with Crippen LogP contribution in [0.2, 0.25) is 0 Å². The SMILES string of the molecule is CCNC(C)(CC(C)N1CCCC(C(F)(F)F)C1)C(=O)O. The van der Waals surface area contributed by atoms with Crippen LogP contribution in [0.25, 0.3) is 0 Å². The predicted octanol–water partition coefficient (Wildman–Crippen LogP) is 2.49. The minimum atomic E-state index is -4.17. The third-order valence-electron chi connectivity index (χ3n) is 4.28. The van der Waals surface area contributed by atoms with Gasteiger partial charge in [-0.1, -0.05) is 6.92 Å². The summed E-state index contributed by atoms with van der Waals surface area (Å²) in [6.45, 7) is 6.26. The van der Waals surface area contributed by atoms with Gasteiger partial charge in [0, 0.05) is 12.6 Å². The molecule has 0 saturated carbocycles. The molecular weight excluding hydrogens is 285 g/mol. The minimum Gasteiger partial charge on any atom is -0.480 e. The number of carboxylic acids is 1. The number of rotatable bonds is 6. The van der Waals surface area contributed by atoms with Crippen LogP contribution >= 0.6 is 0 Å². The van der Waals surface area contributed by atoms with Gasteiger partial charge in [0.25, 0.3) is 0 Å². The van der Waals surface area contributed by atoms with E-state index in [1.807, 2.05) is 6.92 Å². The maximum atomic E-state index is 12.8. The highest BCUT2D eigenvalue weighted by molar-refractivity contribution is 5.78. The Balaban J connectivity index is 2.69. The predicted molar refractivity (Wildman–Crippen MR) is 74.1 cm³/mol. The zero-order valence-electron chi connectivity index (χ0n) is 12.8. The van der Waals surface area contributed by atoms with Crippen LogP contribution in [0.1, 0.15) is 40.0 Å². The van der Waals surface area contributed by atoms with Crippen LogP contribution in [0.3, 0.4) is 0 Å². The largest absolute Gasteiger partial charge is 0.480 e. The maximum Gasteiger partial charge on any atom is 0.393 e. The van der Waals surface area contributed by atoms with Gasteiger partial charge in [-0.3, -0.25) is 9.69 Å². The van der Waals surface area contributed by atoms with E-state index in [9.17, 15) is 23.1 Å². The first-order valence-corrected chi connectivity index (χ1v) is 7.39. The first-order chi connectivity index (χ1) is 9.60. The van der Waals surface area contributed by atoms with E-state index >= 15 is 0 Å². The average molecular weight is 310 g/mol. The van der Waals surface area contributed by atoms with Gasteiger partial charge in [-0.2, -0.15) is 13.2 Å². The van der Waals surface area contributed by atoms with Crippen LogP contribution in [0.15, 0.2) is 0 Å². The number of hydrogen-bond acceptors (Lipinski definition) is 3. The molecule has 1 aliphatic heterocycles. The summed E-state index contributed by atoms with van der Waals surface area (Å²) in [5.74, 6) is -2.27. The zero-order valence-corrected chi connectivity index (χ0v) is 12.8. The van der Waals surface area contributed by atoms with Gasteiger partial charge in [-0.05, 0) is 46.2 Å². The topological polar surface area (TPSA) is 52.6 Å². The Morgan fingerprint density at radius 3 is 2.57 bits per heavy atom. The summed E-state index contributed by atoms with van der Waals surface area (Å²) in [4.78, 5) is 13.2. The lowest BCUT2D eigenvalue weighted by molar-refractivity contribution is -0.188. The lowest BCUT2D eigenvalue weighted by Crippen LogP contribution is -2.55. The zero-order chi connectivity index (χ0) is 16.3. The van der Waals surface area contributed by atoms with E-state index in [-0.39, 0.29) is 25.4 Å². The Morgan fingerprint density at radius 1 is 1.48 bits per heavy atom. The monoisotopic (exact) mass is 310 g/mol. The van der Waals surface area contributed by atoms with Crippen LogP contribution in [0.4, 0.5) is 13.2 Å². The summed E-state index contributed by atoms with van der Waals surface area (Å²) in [5.41, 5.74) is -1.11. The molecule has 7 heteroatoms. The molecule has 1 aliphatic rings. The Morgan fingerprint density at radius 2 is 2.10 bits per heavy atom. The summed E-state index contributed by atoms with van der Waals surface area (Å²) < 4.78 is 38.5. The highest BCUT2D eigenvalue weighted by Crippen LogP contribution is 2.34. The molecule has 21 heavy (non-hydrogen) atoms. The molecule has 3 unspecified atom stereocenters. The molecule has 3 atom stereocenters. The first kappa shape index (κ1) is 18.2.